The van der Waals surface area contributed by atoms with E-state index in [2.05, 4.69) is 22.1 Å². The minimum absolute atomic E-state index is 0.00321. The molecule has 0 radical (unpaired) electrons. The summed E-state index contributed by atoms with van der Waals surface area (Å²) in [5, 5.41) is 17.6. The molecule has 0 aromatic carbocycles. The average molecular weight is 327 g/mol. The van der Waals surface area contributed by atoms with Gasteiger partial charge in [-0.1, -0.05) is 18.7 Å². The normalized spacial score (nSPS) is 17.0. The first-order valence-electron chi connectivity index (χ1n) is 7.32. The van der Waals surface area contributed by atoms with E-state index in [1.807, 2.05) is 5.01 Å². The monoisotopic (exact) mass is 327 g/mol. The van der Waals surface area contributed by atoms with E-state index in [0.717, 1.165) is 44.5 Å². The largest absolute Gasteiger partial charge is 0.862 e. The van der Waals surface area contributed by atoms with Gasteiger partial charge in [-0.15, -0.1) is 0 Å². The molecule has 0 N–H and O–H groups in total. The predicted octanol–water partition coefficient (Wildman–Crippen LogP) is -0.704. The molecule has 2 heterocycles. The number of hydrogen-bond acceptors (Lipinski definition) is 8. The lowest BCUT2D eigenvalue weighted by Gasteiger charge is -2.28. The third-order valence-corrected chi connectivity index (χ3v) is 4.20. The fraction of sp³-hybridized carbons (Fsp3) is 0.692. The average Bonchev–Trinajstić information content (AvgIpc) is 2.95. The Labute approximate surface area is 133 Å². The van der Waals surface area contributed by atoms with E-state index in [4.69, 9.17) is 4.52 Å². The minimum atomic E-state index is -0.312. The van der Waals surface area contributed by atoms with Gasteiger partial charge in [0.1, 0.15) is 0 Å². The van der Waals surface area contributed by atoms with Crippen LogP contribution in [0.2, 0.25) is 0 Å². The van der Waals surface area contributed by atoms with Gasteiger partial charge in [-0.05, 0) is 18.9 Å². The van der Waals surface area contributed by atoms with Crippen molar-refractivity contribution in [1.29, 1.82) is 0 Å². The van der Waals surface area contributed by atoms with Gasteiger partial charge in [0.25, 0.3) is 6.20 Å². The number of thioether (sulfide) groups is 1. The highest BCUT2D eigenvalue weighted by atomic mass is 32.2. The zero-order valence-electron chi connectivity index (χ0n) is 12.9. The molecule has 1 aromatic heterocycles. The molecule has 0 atom stereocenters. The summed E-state index contributed by atoms with van der Waals surface area (Å²) in [6.07, 6.45) is 1.82. The van der Waals surface area contributed by atoms with Crippen LogP contribution >= 0.6 is 11.8 Å². The first-order chi connectivity index (χ1) is 10.6. The molecule has 1 saturated heterocycles. The van der Waals surface area contributed by atoms with Crippen molar-refractivity contribution < 1.29 is 19.2 Å². The molecule has 0 aliphatic carbocycles. The molecular weight excluding hydrogens is 306 g/mol. The lowest BCUT2D eigenvalue weighted by atomic mass is 10.3. The summed E-state index contributed by atoms with van der Waals surface area (Å²) in [6.45, 7) is 8.33. The zero-order valence-corrected chi connectivity index (χ0v) is 13.7. The quantitative estimate of drug-likeness (QED) is 0.387. The Bertz CT molecular complexity index is 526. The lowest BCUT2D eigenvalue weighted by molar-refractivity contribution is -0.759. The molecule has 122 valence electrons. The Morgan fingerprint density at radius 3 is 2.86 bits per heavy atom. The molecule has 0 amide bonds. The predicted molar refractivity (Wildman–Crippen MR) is 81.6 cm³/mol. The van der Waals surface area contributed by atoms with Crippen LogP contribution in [-0.2, 0) is 4.79 Å². The van der Waals surface area contributed by atoms with E-state index in [0.29, 0.717) is 5.75 Å². The van der Waals surface area contributed by atoms with Crippen LogP contribution in [0.3, 0.4) is 0 Å². The molecule has 9 heteroatoms. The van der Waals surface area contributed by atoms with E-state index in [1.54, 1.807) is 11.0 Å². The van der Waals surface area contributed by atoms with Gasteiger partial charge in [-0.25, -0.2) is 4.99 Å². The van der Waals surface area contributed by atoms with Gasteiger partial charge in [-0.2, -0.15) is 5.01 Å². The maximum atomic E-state index is 11.7. The number of aliphatic imine (C=N–C) groups is 1. The van der Waals surface area contributed by atoms with E-state index in [9.17, 15) is 9.90 Å². The van der Waals surface area contributed by atoms with Gasteiger partial charge in [0, 0.05) is 25.8 Å². The van der Waals surface area contributed by atoms with Crippen molar-refractivity contribution in [3.05, 3.63) is 6.20 Å². The van der Waals surface area contributed by atoms with E-state index >= 15 is 0 Å². The number of nitrogens with zero attached hydrogens (tertiary/aromatic N) is 5. The molecular formula is C13H21N5O3S. The third kappa shape index (κ3) is 4.99. The van der Waals surface area contributed by atoms with Crippen LogP contribution in [0.25, 0.3) is 0 Å². The summed E-state index contributed by atoms with van der Waals surface area (Å²) in [7, 11) is 0. The number of carbonyl (C=O) groups is 1. The third-order valence-electron chi connectivity index (χ3n) is 3.39. The second-order valence-corrected chi connectivity index (χ2v) is 6.22. The van der Waals surface area contributed by atoms with Crippen molar-refractivity contribution in [3.8, 4) is 0 Å². The molecule has 22 heavy (non-hydrogen) atoms. The smallest absolute Gasteiger partial charge is 0.324 e. The topological polar surface area (TPSA) is 88.9 Å². The Morgan fingerprint density at radius 1 is 1.50 bits per heavy atom. The zero-order chi connectivity index (χ0) is 15.9. The maximum Gasteiger partial charge on any atom is 0.324 e. The van der Waals surface area contributed by atoms with Crippen molar-refractivity contribution in [1.82, 2.24) is 10.2 Å². The molecule has 0 unspecified atom stereocenters. The minimum Gasteiger partial charge on any atom is -0.862 e. The number of rotatable bonds is 6. The van der Waals surface area contributed by atoms with Crippen LogP contribution in [0.1, 0.15) is 20.3 Å². The highest BCUT2D eigenvalue weighted by molar-refractivity contribution is 8.13. The molecule has 1 aliphatic heterocycles. The molecule has 0 bridgehead atoms. The van der Waals surface area contributed by atoms with Crippen molar-refractivity contribution >= 4 is 28.7 Å². The van der Waals surface area contributed by atoms with Crippen LogP contribution in [0.5, 0.6) is 0 Å². The summed E-state index contributed by atoms with van der Waals surface area (Å²) >= 11 is 1.12. The standard InChI is InChI=1S/C13H21N5O3S/c1-3-16-5-7-17(8-6-16)18-10-13(21-15-18)14-12(20)4-9-22-11(2)19/h10H,3-9H2,1-2H3. The maximum absolute atomic E-state index is 11.7. The van der Waals surface area contributed by atoms with Crippen molar-refractivity contribution in [2.45, 2.75) is 20.3 Å². The summed E-state index contributed by atoms with van der Waals surface area (Å²) < 4.78 is 5.07. The number of likely N-dealkylation sites (N-methyl/N-ethyl adjacent to an activating group) is 1. The second-order valence-electron chi connectivity index (χ2n) is 4.94. The first-order valence-corrected chi connectivity index (χ1v) is 8.31. The van der Waals surface area contributed by atoms with Crippen LogP contribution in [0.4, 0.5) is 5.88 Å². The van der Waals surface area contributed by atoms with Gasteiger partial charge in [0.05, 0.1) is 17.9 Å². The van der Waals surface area contributed by atoms with Gasteiger partial charge in [0.2, 0.25) is 5.27 Å². The highest BCUT2D eigenvalue weighted by Crippen LogP contribution is 2.09. The van der Waals surface area contributed by atoms with E-state index in [-0.39, 0.29) is 23.3 Å². The van der Waals surface area contributed by atoms with Crippen LogP contribution in [-0.4, -0.2) is 59.7 Å². The Morgan fingerprint density at radius 2 is 2.23 bits per heavy atom. The molecule has 8 nitrogen and oxygen atoms in total. The fourth-order valence-corrected chi connectivity index (χ4v) is 2.70. The molecule has 0 spiro atoms. The van der Waals surface area contributed by atoms with E-state index in [1.165, 1.54) is 6.92 Å². The number of aromatic nitrogens is 2. The summed E-state index contributed by atoms with van der Waals surface area (Å²) in [5.41, 5.74) is 0. The number of hydrogen-bond donors (Lipinski definition) is 0. The van der Waals surface area contributed by atoms with Gasteiger partial charge in [-0.3, -0.25) is 14.2 Å². The van der Waals surface area contributed by atoms with Gasteiger partial charge < -0.3 is 5.11 Å². The molecule has 1 fully saturated rings. The van der Waals surface area contributed by atoms with Crippen LogP contribution < -0.4 is 14.9 Å². The lowest BCUT2D eigenvalue weighted by Crippen LogP contribution is -2.65. The number of carbonyl (C=O) groups excluding carboxylic acids is 1. The van der Waals surface area contributed by atoms with Crippen LogP contribution in [0, 0.1) is 0 Å². The molecule has 0 saturated carbocycles. The number of piperazine rings is 1. The van der Waals surface area contributed by atoms with E-state index < -0.39 is 0 Å². The Kier molecular flexibility index (Phi) is 6.20. The Balaban J connectivity index is 1.87. The summed E-state index contributed by atoms with van der Waals surface area (Å²) in [5.74, 6) is 0.314. The Hall–Kier alpha value is -1.61. The first kappa shape index (κ1) is 16.8. The summed E-state index contributed by atoms with van der Waals surface area (Å²) in [6, 6.07) is 0. The SMILES string of the molecule is CCN1CCN([n+]2cc(N=C([O-])CCSC(C)=O)on2)CC1. The van der Waals surface area contributed by atoms with Gasteiger partial charge in [0.15, 0.2) is 5.12 Å². The van der Waals surface area contributed by atoms with Crippen molar-refractivity contribution in [3.63, 3.8) is 0 Å². The van der Waals surface area contributed by atoms with Gasteiger partial charge >= 0.3 is 5.88 Å². The molecule has 1 aliphatic rings. The van der Waals surface area contributed by atoms with Crippen molar-refractivity contribution in [2.24, 2.45) is 4.99 Å². The summed E-state index contributed by atoms with van der Waals surface area (Å²) in [4.78, 5) is 18.6. The highest BCUT2D eigenvalue weighted by Gasteiger charge is 2.24. The molecule has 1 aromatic rings. The second kappa shape index (κ2) is 8.14. The van der Waals surface area contributed by atoms with Crippen LogP contribution in [0.15, 0.2) is 15.7 Å². The fourth-order valence-electron chi connectivity index (χ4n) is 2.13. The molecule has 2 rings (SSSR count). The van der Waals surface area contributed by atoms with Crippen molar-refractivity contribution in [2.75, 3.05) is 43.5 Å².